The van der Waals surface area contributed by atoms with Crippen molar-refractivity contribution < 1.29 is 9.32 Å². The number of rotatable bonds is 2. The Bertz CT molecular complexity index is 473. The maximum Gasteiger partial charge on any atom is 0.129 e. The maximum absolute atomic E-state index is 11.4. The minimum absolute atomic E-state index is 0.0262. The largest absolute Gasteiger partial charge is 0.392 e. The van der Waals surface area contributed by atoms with Crippen molar-refractivity contribution >= 4 is 16.6 Å². The predicted molar refractivity (Wildman–Crippen MR) is 78.9 cm³/mol. The van der Waals surface area contributed by atoms with Crippen molar-refractivity contribution in [3.8, 4) is 0 Å². The second-order valence-electron chi connectivity index (χ2n) is 5.96. The van der Waals surface area contributed by atoms with E-state index in [2.05, 4.69) is 25.7 Å². The Morgan fingerprint density at radius 3 is 2.47 bits per heavy atom. The molecule has 1 fully saturated rings. The average molecular weight is 282 g/mol. The highest BCUT2D eigenvalue weighted by atomic mass is 32.2. The summed E-state index contributed by atoms with van der Waals surface area (Å²) in [6.45, 7) is 7.93. The number of hydrogen-bond acceptors (Lipinski definition) is 4. The van der Waals surface area contributed by atoms with Gasteiger partial charge in [-0.1, -0.05) is 20.8 Å². The van der Waals surface area contributed by atoms with Crippen molar-refractivity contribution in [2.75, 3.05) is 29.5 Å². The second kappa shape index (κ2) is 5.59. The van der Waals surface area contributed by atoms with Crippen LogP contribution in [0.25, 0.3) is 0 Å². The number of anilines is 1. The number of hydrogen-bond donors (Lipinski definition) is 1. The number of aliphatic hydroxyl groups excluding tert-OH is 1. The van der Waals surface area contributed by atoms with Crippen LogP contribution in [-0.4, -0.2) is 38.9 Å². The third-order valence-corrected chi connectivity index (χ3v) is 4.60. The zero-order valence-electron chi connectivity index (χ0n) is 11.8. The van der Waals surface area contributed by atoms with Crippen molar-refractivity contribution in [2.24, 2.45) is 0 Å². The van der Waals surface area contributed by atoms with Crippen LogP contribution in [0.1, 0.15) is 32.0 Å². The Morgan fingerprint density at radius 1 is 1.32 bits per heavy atom. The van der Waals surface area contributed by atoms with Gasteiger partial charge < -0.3 is 10.0 Å². The first-order valence-electron chi connectivity index (χ1n) is 6.62. The molecule has 0 unspecified atom stereocenters. The van der Waals surface area contributed by atoms with Crippen LogP contribution in [0.4, 0.5) is 5.82 Å². The molecule has 0 spiro atoms. The molecule has 0 bridgehead atoms. The molecule has 0 saturated carbocycles. The van der Waals surface area contributed by atoms with Crippen molar-refractivity contribution in [1.29, 1.82) is 0 Å². The lowest BCUT2D eigenvalue weighted by atomic mass is 9.91. The zero-order chi connectivity index (χ0) is 14.0. The van der Waals surface area contributed by atoms with Gasteiger partial charge in [0.2, 0.25) is 0 Å². The Hall–Kier alpha value is -0.940. The molecular weight excluding hydrogens is 260 g/mol. The fourth-order valence-corrected chi connectivity index (χ4v) is 3.13. The first-order chi connectivity index (χ1) is 8.90. The van der Waals surface area contributed by atoms with E-state index in [1.165, 1.54) is 0 Å². The van der Waals surface area contributed by atoms with Gasteiger partial charge in [-0.15, -0.1) is 0 Å². The lowest BCUT2D eigenvalue weighted by Gasteiger charge is -2.29. The molecule has 4 nitrogen and oxygen atoms in total. The van der Waals surface area contributed by atoms with Crippen molar-refractivity contribution in [3.05, 3.63) is 23.4 Å². The Labute approximate surface area is 117 Å². The smallest absolute Gasteiger partial charge is 0.129 e. The molecule has 0 atom stereocenters. The van der Waals surface area contributed by atoms with E-state index in [-0.39, 0.29) is 12.0 Å². The summed E-state index contributed by atoms with van der Waals surface area (Å²) in [6, 6.07) is 3.90. The van der Waals surface area contributed by atoms with Crippen molar-refractivity contribution in [1.82, 2.24) is 4.98 Å². The summed E-state index contributed by atoms with van der Waals surface area (Å²) >= 11 is 0. The Morgan fingerprint density at radius 2 is 1.95 bits per heavy atom. The minimum atomic E-state index is -0.683. The van der Waals surface area contributed by atoms with Gasteiger partial charge in [0.1, 0.15) is 5.82 Å². The lowest BCUT2D eigenvalue weighted by molar-refractivity contribution is 0.281. The molecule has 1 aromatic heterocycles. The Kier molecular flexibility index (Phi) is 4.26. The molecule has 0 amide bonds. The van der Waals surface area contributed by atoms with E-state index >= 15 is 0 Å². The lowest BCUT2D eigenvalue weighted by Crippen LogP contribution is -2.38. The average Bonchev–Trinajstić information content (AvgIpc) is 2.38. The van der Waals surface area contributed by atoms with E-state index in [1.54, 1.807) is 0 Å². The first kappa shape index (κ1) is 14.5. The van der Waals surface area contributed by atoms with E-state index in [0.29, 0.717) is 11.5 Å². The summed E-state index contributed by atoms with van der Waals surface area (Å²) in [5, 5.41) is 9.40. The number of pyridine rings is 1. The molecule has 0 aliphatic carbocycles. The minimum Gasteiger partial charge on any atom is -0.392 e. The second-order valence-corrected chi connectivity index (χ2v) is 7.66. The van der Waals surface area contributed by atoms with E-state index in [0.717, 1.165) is 30.2 Å². The highest BCUT2D eigenvalue weighted by Crippen LogP contribution is 2.25. The van der Waals surface area contributed by atoms with Crippen LogP contribution in [0, 0.1) is 0 Å². The van der Waals surface area contributed by atoms with E-state index < -0.39 is 10.8 Å². The topological polar surface area (TPSA) is 53.4 Å². The summed E-state index contributed by atoms with van der Waals surface area (Å²) in [4.78, 5) is 6.88. The van der Waals surface area contributed by atoms with Gasteiger partial charge in [-0.2, -0.15) is 0 Å². The van der Waals surface area contributed by atoms with Crippen LogP contribution in [0.2, 0.25) is 0 Å². The monoisotopic (exact) mass is 282 g/mol. The quantitative estimate of drug-likeness (QED) is 0.892. The standard InChI is InChI=1S/C14H22N2O2S/c1-14(2,3)12-8-11(10-17)9-13(15-12)16-4-6-19(18)7-5-16/h8-9,17H,4-7,10H2,1-3H3. The number of nitrogens with zero attached hydrogens (tertiary/aromatic N) is 2. The van der Waals surface area contributed by atoms with Crippen molar-refractivity contribution in [3.63, 3.8) is 0 Å². The SMILES string of the molecule is CC(C)(C)c1cc(CO)cc(N2CCS(=O)CC2)n1. The molecule has 1 aliphatic heterocycles. The van der Waals surface area contributed by atoms with E-state index in [1.807, 2.05) is 12.1 Å². The Balaban J connectivity index is 2.32. The number of aliphatic hydroxyl groups is 1. The molecule has 1 aliphatic rings. The third kappa shape index (κ3) is 3.54. The summed E-state index contributed by atoms with van der Waals surface area (Å²) in [7, 11) is -0.683. The summed E-state index contributed by atoms with van der Waals surface area (Å²) in [6.07, 6.45) is 0. The van der Waals surface area contributed by atoms with Gasteiger partial charge in [0, 0.05) is 46.5 Å². The van der Waals surface area contributed by atoms with Gasteiger partial charge in [-0.25, -0.2) is 4.98 Å². The van der Waals surface area contributed by atoms with Crippen LogP contribution >= 0.6 is 0 Å². The molecule has 19 heavy (non-hydrogen) atoms. The molecule has 1 aromatic rings. The van der Waals surface area contributed by atoms with Gasteiger partial charge in [0.25, 0.3) is 0 Å². The van der Waals surface area contributed by atoms with E-state index in [9.17, 15) is 9.32 Å². The van der Waals surface area contributed by atoms with Crippen LogP contribution in [0.15, 0.2) is 12.1 Å². The molecule has 2 rings (SSSR count). The summed E-state index contributed by atoms with van der Waals surface area (Å²) in [5.74, 6) is 2.30. The molecule has 0 aromatic carbocycles. The van der Waals surface area contributed by atoms with Crippen molar-refractivity contribution in [2.45, 2.75) is 32.8 Å². The molecule has 0 radical (unpaired) electrons. The predicted octanol–water partition coefficient (Wildman–Crippen LogP) is 1.44. The molecule has 1 N–H and O–H groups in total. The first-order valence-corrected chi connectivity index (χ1v) is 8.11. The molecule has 106 valence electrons. The van der Waals surface area contributed by atoms with Gasteiger partial charge >= 0.3 is 0 Å². The van der Waals surface area contributed by atoms with Crippen LogP contribution in [0.3, 0.4) is 0 Å². The van der Waals surface area contributed by atoms with Crippen LogP contribution in [-0.2, 0) is 22.8 Å². The third-order valence-electron chi connectivity index (χ3n) is 3.32. The zero-order valence-corrected chi connectivity index (χ0v) is 12.7. The molecule has 5 heteroatoms. The molecule has 1 saturated heterocycles. The summed E-state index contributed by atoms with van der Waals surface area (Å²) in [5.41, 5.74) is 1.83. The highest BCUT2D eigenvalue weighted by molar-refractivity contribution is 7.85. The molecular formula is C14H22N2O2S. The fraction of sp³-hybridized carbons (Fsp3) is 0.643. The molecule has 2 heterocycles. The van der Waals surface area contributed by atoms with Gasteiger partial charge in [-0.05, 0) is 17.7 Å². The van der Waals surface area contributed by atoms with Crippen LogP contribution < -0.4 is 4.90 Å². The number of aromatic nitrogens is 1. The highest BCUT2D eigenvalue weighted by Gasteiger charge is 2.21. The maximum atomic E-state index is 11.4. The fourth-order valence-electron chi connectivity index (χ4n) is 2.08. The van der Waals surface area contributed by atoms with Gasteiger partial charge in [0.05, 0.1) is 6.61 Å². The van der Waals surface area contributed by atoms with E-state index in [4.69, 9.17) is 4.98 Å². The summed E-state index contributed by atoms with van der Waals surface area (Å²) < 4.78 is 11.4. The van der Waals surface area contributed by atoms with Crippen LogP contribution in [0.5, 0.6) is 0 Å². The normalized spacial score (nSPS) is 17.8. The van der Waals surface area contributed by atoms with Gasteiger partial charge in [0.15, 0.2) is 0 Å². The van der Waals surface area contributed by atoms with Gasteiger partial charge in [-0.3, -0.25) is 4.21 Å².